The van der Waals surface area contributed by atoms with Gasteiger partial charge in [-0.1, -0.05) is 0 Å². The number of nitrogens with two attached hydrogens (primary N) is 1. The third-order valence-corrected chi connectivity index (χ3v) is 3.51. The lowest BCUT2D eigenvalue weighted by molar-refractivity contribution is 0.882. The van der Waals surface area contributed by atoms with Crippen molar-refractivity contribution in [3.8, 4) is 0 Å². The highest BCUT2D eigenvalue weighted by molar-refractivity contribution is 7.09. The molecule has 96 valence electrons. The summed E-state index contributed by atoms with van der Waals surface area (Å²) in [7, 11) is 1.99. The summed E-state index contributed by atoms with van der Waals surface area (Å²) in [4.78, 5) is 16.1. The second kappa shape index (κ2) is 5.28. The zero-order valence-electron chi connectivity index (χ0n) is 10.6. The van der Waals surface area contributed by atoms with Crippen LogP contribution in [0.5, 0.6) is 0 Å². The van der Waals surface area contributed by atoms with Gasteiger partial charge in [-0.25, -0.2) is 20.8 Å². The number of thiazole rings is 1. The van der Waals surface area contributed by atoms with E-state index in [0.29, 0.717) is 11.6 Å². The number of hydrazine groups is 1. The first-order valence-electron chi connectivity index (χ1n) is 5.52. The van der Waals surface area contributed by atoms with E-state index in [9.17, 15) is 0 Å². The molecule has 0 fully saturated rings. The second-order valence-corrected chi connectivity index (χ2v) is 4.96. The molecular formula is C11H16N6S. The van der Waals surface area contributed by atoms with Crippen molar-refractivity contribution in [2.24, 2.45) is 5.84 Å². The number of rotatable bonds is 4. The molecule has 6 nitrogen and oxygen atoms in total. The molecule has 2 heterocycles. The number of nitrogens with one attached hydrogen (secondary N) is 1. The molecule has 0 aliphatic carbocycles. The van der Waals surface area contributed by atoms with Crippen molar-refractivity contribution in [3.63, 3.8) is 0 Å². The minimum atomic E-state index is 0.616. The van der Waals surface area contributed by atoms with Gasteiger partial charge >= 0.3 is 0 Å². The lowest BCUT2D eigenvalue weighted by Gasteiger charge is -2.18. The average molecular weight is 264 g/mol. The first kappa shape index (κ1) is 12.7. The van der Waals surface area contributed by atoms with Gasteiger partial charge in [0.1, 0.15) is 17.5 Å². The monoisotopic (exact) mass is 264 g/mol. The Morgan fingerprint density at radius 2 is 2.17 bits per heavy atom. The number of aryl methyl sites for hydroxylation is 2. The van der Waals surface area contributed by atoms with Crippen molar-refractivity contribution in [1.82, 2.24) is 15.0 Å². The summed E-state index contributed by atoms with van der Waals surface area (Å²) in [5.74, 6) is 7.52. The summed E-state index contributed by atoms with van der Waals surface area (Å²) >= 11 is 1.65. The lowest BCUT2D eigenvalue weighted by Crippen LogP contribution is -2.19. The Morgan fingerprint density at radius 1 is 1.39 bits per heavy atom. The van der Waals surface area contributed by atoms with Crippen molar-refractivity contribution in [2.75, 3.05) is 17.4 Å². The van der Waals surface area contributed by atoms with Gasteiger partial charge in [0.2, 0.25) is 0 Å². The van der Waals surface area contributed by atoms with Crippen LogP contribution in [0.2, 0.25) is 0 Å². The van der Waals surface area contributed by atoms with E-state index in [1.165, 1.54) is 4.88 Å². The first-order valence-corrected chi connectivity index (χ1v) is 6.40. The molecule has 0 bridgehead atoms. The van der Waals surface area contributed by atoms with E-state index in [1.807, 2.05) is 32.5 Å². The quantitative estimate of drug-likeness (QED) is 0.643. The van der Waals surface area contributed by atoms with Crippen LogP contribution in [0.1, 0.15) is 16.4 Å². The average Bonchev–Trinajstić information content (AvgIpc) is 2.74. The van der Waals surface area contributed by atoms with Crippen LogP contribution < -0.4 is 16.2 Å². The minimum Gasteiger partial charge on any atom is -0.354 e. The molecule has 0 aliphatic rings. The highest BCUT2D eigenvalue weighted by atomic mass is 32.1. The maximum Gasteiger partial charge on any atom is 0.145 e. The smallest absolute Gasteiger partial charge is 0.145 e. The van der Waals surface area contributed by atoms with Crippen LogP contribution in [0, 0.1) is 13.8 Å². The zero-order valence-corrected chi connectivity index (χ0v) is 11.5. The molecule has 0 radical (unpaired) electrons. The predicted octanol–water partition coefficient (Wildman–Crippen LogP) is 1.47. The van der Waals surface area contributed by atoms with E-state index in [1.54, 1.807) is 11.3 Å². The molecule has 2 rings (SSSR count). The zero-order chi connectivity index (χ0) is 13.1. The molecule has 0 amide bonds. The Morgan fingerprint density at radius 3 is 2.78 bits per heavy atom. The number of nitrogen functional groups attached to an aromatic ring is 1. The van der Waals surface area contributed by atoms with Gasteiger partial charge in [0, 0.05) is 18.0 Å². The predicted molar refractivity (Wildman–Crippen MR) is 73.5 cm³/mol. The van der Waals surface area contributed by atoms with Gasteiger partial charge in [-0.05, 0) is 13.8 Å². The second-order valence-electron chi connectivity index (χ2n) is 4.02. The van der Waals surface area contributed by atoms with E-state index < -0.39 is 0 Å². The van der Waals surface area contributed by atoms with Crippen molar-refractivity contribution in [1.29, 1.82) is 0 Å². The molecule has 0 unspecified atom stereocenters. The van der Waals surface area contributed by atoms with Crippen LogP contribution in [0.3, 0.4) is 0 Å². The van der Waals surface area contributed by atoms with Gasteiger partial charge in [0.25, 0.3) is 0 Å². The standard InChI is InChI=1S/C11H16N6S/c1-7-9(18-6-13-7)5-17(3)11-4-10(16-12)14-8(2)15-11/h4,6H,5,12H2,1-3H3,(H,14,15,16). The van der Waals surface area contributed by atoms with Crippen LogP contribution in [-0.2, 0) is 6.54 Å². The Labute approximate surface area is 110 Å². The fourth-order valence-corrected chi connectivity index (χ4v) is 2.43. The third kappa shape index (κ3) is 2.74. The maximum absolute atomic E-state index is 5.38. The van der Waals surface area contributed by atoms with Crippen molar-refractivity contribution < 1.29 is 0 Å². The molecule has 18 heavy (non-hydrogen) atoms. The van der Waals surface area contributed by atoms with E-state index in [0.717, 1.165) is 18.1 Å². The molecule has 3 N–H and O–H groups in total. The molecule has 0 spiro atoms. The van der Waals surface area contributed by atoms with Crippen molar-refractivity contribution in [3.05, 3.63) is 28.0 Å². The molecular weight excluding hydrogens is 248 g/mol. The van der Waals surface area contributed by atoms with Gasteiger partial charge < -0.3 is 10.3 Å². The topological polar surface area (TPSA) is 80.0 Å². The highest BCUT2D eigenvalue weighted by Crippen LogP contribution is 2.19. The number of aromatic nitrogens is 3. The van der Waals surface area contributed by atoms with E-state index >= 15 is 0 Å². The normalized spacial score (nSPS) is 10.4. The largest absolute Gasteiger partial charge is 0.354 e. The van der Waals surface area contributed by atoms with Crippen LogP contribution in [0.25, 0.3) is 0 Å². The summed E-state index contributed by atoms with van der Waals surface area (Å²) in [6, 6.07) is 1.82. The summed E-state index contributed by atoms with van der Waals surface area (Å²) in [6.45, 7) is 4.63. The van der Waals surface area contributed by atoms with Gasteiger partial charge in [-0.3, -0.25) is 0 Å². The molecule has 2 aromatic rings. The molecule has 0 aliphatic heterocycles. The molecule has 0 saturated carbocycles. The van der Waals surface area contributed by atoms with Crippen molar-refractivity contribution in [2.45, 2.75) is 20.4 Å². The summed E-state index contributed by atoms with van der Waals surface area (Å²) in [5, 5.41) is 0. The Kier molecular flexibility index (Phi) is 3.73. The maximum atomic E-state index is 5.38. The fourth-order valence-electron chi connectivity index (χ4n) is 1.60. The van der Waals surface area contributed by atoms with E-state index in [2.05, 4.69) is 25.3 Å². The van der Waals surface area contributed by atoms with E-state index in [4.69, 9.17) is 5.84 Å². The fraction of sp³-hybridized carbons (Fsp3) is 0.364. The first-order chi connectivity index (χ1) is 8.60. The van der Waals surface area contributed by atoms with Gasteiger partial charge in [-0.2, -0.15) is 0 Å². The number of anilines is 2. The molecule has 0 saturated heterocycles. The number of hydrogen-bond acceptors (Lipinski definition) is 7. The van der Waals surface area contributed by atoms with Crippen molar-refractivity contribution >= 4 is 23.0 Å². The number of hydrogen-bond donors (Lipinski definition) is 2. The van der Waals surface area contributed by atoms with Crippen LogP contribution >= 0.6 is 11.3 Å². The summed E-state index contributed by atoms with van der Waals surface area (Å²) < 4.78 is 0. The van der Waals surface area contributed by atoms with Gasteiger partial charge in [0.05, 0.1) is 17.7 Å². The van der Waals surface area contributed by atoms with E-state index in [-0.39, 0.29) is 0 Å². The molecule has 7 heteroatoms. The minimum absolute atomic E-state index is 0.616. The van der Waals surface area contributed by atoms with Crippen LogP contribution in [0.4, 0.5) is 11.6 Å². The van der Waals surface area contributed by atoms with Gasteiger partial charge in [0.15, 0.2) is 0 Å². The Hall–Kier alpha value is -1.73. The molecule has 0 atom stereocenters. The summed E-state index contributed by atoms with van der Waals surface area (Å²) in [5.41, 5.74) is 5.47. The highest BCUT2D eigenvalue weighted by Gasteiger charge is 2.09. The third-order valence-electron chi connectivity index (χ3n) is 2.59. The lowest BCUT2D eigenvalue weighted by atomic mass is 10.3. The van der Waals surface area contributed by atoms with Gasteiger partial charge in [-0.15, -0.1) is 11.3 Å². The Bertz CT molecular complexity index is 538. The SMILES string of the molecule is Cc1nc(NN)cc(N(C)Cc2scnc2C)n1. The molecule has 2 aromatic heterocycles. The van der Waals surface area contributed by atoms with Crippen LogP contribution in [-0.4, -0.2) is 22.0 Å². The molecule has 0 aromatic carbocycles. The Balaban J connectivity index is 2.20. The summed E-state index contributed by atoms with van der Waals surface area (Å²) in [6.07, 6.45) is 0. The van der Waals surface area contributed by atoms with Crippen LogP contribution in [0.15, 0.2) is 11.6 Å². The number of nitrogens with zero attached hydrogens (tertiary/aromatic N) is 4.